The summed E-state index contributed by atoms with van der Waals surface area (Å²) in [6.45, 7) is 4.28. The first kappa shape index (κ1) is 16.9. The smallest absolute Gasteiger partial charge is 0.307 e. The maximum absolute atomic E-state index is 13.8. The monoisotopic (exact) mass is 456 g/mol. The van der Waals surface area contributed by atoms with Gasteiger partial charge in [-0.2, -0.15) is 0 Å². The second-order valence-corrected chi connectivity index (χ2v) is 8.85. The van der Waals surface area contributed by atoms with Crippen LogP contribution in [0.4, 0.5) is 4.39 Å². The highest BCUT2D eigenvalue weighted by molar-refractivity contribution is 14.1. The number of amides is 1. The van der Waals surface area contributed by atoms with E-state index in [9.17, 15) is 9.18 Å². The van der Waals surface area contributed by atoms with Gasteiger partial charge in [-0.1, -0.05) is 22.6 Å². The number of rotatable bonds is 3. The summed E-state index contributed by atoms with van der Waals surface area (Å²) in [6, 6.07) is 2.82. The summed E-state index contributed by atoms with van der Waals surface area (Å²) in [7, 11) is 0. The fourth-order valence-electron chi connectivity index (χ4n) is 3.81. The molecular formula is C17H18FIN4O2. The molecule has 8 heteroatoms. The number of oxazole rings is 1. The van der Waals surface area contributed by atoms with E-state index in [0.717, 1.165) is 25.9 Å². The minimum absolute atomic E-state index is 0.0324. The largest absolute Gasteiger partial charge is 0.431 e. The SMILES string of the molecule is C[C@]1(I)[C@H](NC(=O)c2ncc(-c3ncccc3F)o2)C2CCN1CC2. The number of nitrogens with zero attached hydrogens (tertiary/aromatic N) is 3. The summed E-state index contributed by atoms with van der Waals surface area (Å²) in [4.78, 5) is 23.0. The first-order valence-corrected chi connectivity index (χ1v) is 9.36. The van der Waals surface area contributed by atoms with Crippen molar-refractivity contribution < 1.29 is 13.6 Å². The van der Waals surface area contributed by atoms with Crippen molar-refractivity contribution in [3.8, 4) is 11.5 Å². The second kappa shape index (κ2) is 6.31. The van der Waals surface area contributed by atoms with E-state index >= 15 is 0 Å². The topological polar surface area (TPSA) is 71.3 Å². The molecule has 0 spiro atoms. The van der Waals surface area contributed by atoms with Gasteiger partial charge in [-0.15, -0.1) is 0 Å². The molecule has 0 unspecified atom stereocenters. The van der Waals surface area contributed by atoms with Crippen LogP contribution in [0.2, 0.25) is 0 Å². The van der Waals surface area contributed by atoms with Crippen LogP contribution in [0.5, 0.6) is 0 Å². The van der Waals surface area contributed by atoms with Crippen LogP contribution >= 0.6 is 22.6 Å². The third-order valence-electron chi connectivity index (χ3n) is 5.18. The van der Waals surface area contributed by atoms with Gasteiger partial charge in [0.1, 0.15) is 5.69 Å². The maximum Gasteiger partial charge on any atom is 0.307 e. The second-order valence-electron chi connectivity index (χ2n) is 6.66. The van der Waals surface area contributed by atoms with Crippen LogP contribution in [0, 0.1) is 11.7 Å². The van der Waals surface area contributed by atoms with Crippen LogP contribution in [0.1, 0.15) is 30.5 Å². The minimum atomic E-state index is -0.511. The van der Waals surface area contributed by atoms with Crippen molar-refractivity contribution >= 4 is 28.5 Å². The van der Waals surface area contributed by atoms with E-state index in [-0.39, 0.29) is 32.8 Å². The normalized spacial score (nSPS) is 31.1. The molecule has 2 bridgehead atoms. The maximum atomic E-state index is 13.8. The first-order chi connectivity index (χ1) is 12.0. The molecule has 1 amide bonds. The Balaban J connectivity index is 1.54. The van der Waals surface area contributed by atoms with Gasteiger partial charge < -0.3 is 9.73 Å². The van der Waals surface area contributed by atoms with E-state index in [2.05, 4.69) is 49.7 Å². The van der Waals surface area contributed by atoms with Crippen molar-refractivity contribution in [3.05, 3.63) is 36.2 Å². The summed E-state index contributed by atoms with van der Waals surface area (Å²) < 4.78 is 19.1. The van der Waals surface area contributed by atoms with Crippen LogP contribution in [-0.2, 0) is 0 Å². The molecule has 2 aromatic rings. The molecule has 25 heavy (non-hydrogen) atoms. The fourth-order valence-corrected chi connectivity index (χ4v) is 4.95. The molecule has 6 nitrogen and oxygen atoms in total. The van der Waals surface area contributed by atoms with Gasteiger partial charge in [0.25, 0.3) is 5.89 Å². The molecule has 3 aliphatic heterocycles. The molecule has 0 saturated carbocycles. The summed E-state index contributed by atoms with van der Waals surface area (Å²) in [5.74, 6) is -0.344. The molecule has 132 valence electrons. The molecule has 3 saturated heterocycles. The molecule has 0 aliphatic carbocycles. The predicted molar refractivity (Wildman–Crippen MR) is 97.7 cm³/mol. The lowest BCUT2D eigenvalue weighted by molar-refractivity contribution is 0.0119. The zero-order chi connectivity index (χ0) is 17.6. The molecule has 2 aromatic heterocycles. The molecular weight excluding hydrogens is 438 g/mol. The lowest BCUT2D eigenvalue weighted by atomic mass is 9.79. The van der Waals surface area contributed by atoms with Crippen LogP contribution in [-0.4, -0.2) is 43.5 Å². The number of pyridine rings is 1. The fraction of sp³-hybridized carbons (Fsp3) is 0.471. The van der Waals surface area contributed by atoms with Crippen molar-refractivity contribution in [1.82, 2.24) is 20.2 Å². The molecule has 5 rings (SSSR count). The van der Waals surface area contributed by atoms with Gasteiger partial charge in [-0.25, -0.2) is 14.4 Å². The van der Waals surface area contributed by atoms with Crippen LogP contribution in [0.25, 0.3) is 11.5 Å². The standard InChI is InChI=1S/C17H18FIN4O2/c1-17(19)14(10-4-7-23(17)8-5-10)22-15(24)16-21-9-12(25-16)13-11(18)3-2-6-20-13/h2-3,6,9-10,14H,4-5,7-8H2,1H3,(H,22,24)/t14-,17-/m1/s1. The Morgan fingerprint density at radius 2 is 2.20 bits per heavy atom. The van der Waals surface area contributed by atoms with Gasteiger partial charge in [-0.05, 0) is 50.9 Å². The van der Waals surface area contributed by atoms with E-state index in [4.69, 9.17) is 4.42 Å². The Kier molecular flexibility index (Phi) is 4.27. The minimum Gasteiger partial charge on any atom is -0.431 e. The molecule has 5 heterocycles. The molecule has 1 N–H and O–H groups in total. The number of nitrogens with one attached hydrogen (secondary N) is 1. The van der Waals surface area contributed by atoms with Gasteiger partial charge in [-0.3, -0.25) is 9.69 Å². The Hall–Kier alpha value is -1.55. The number of aromatic nitrogens is 2. The first-order valence-electron chi connectivity index (χ1n) is 8.28. The van der Waals surface area contributed by atoms with Gasteiger partial charge in [0.2, 0.25) is 0 Å². The predicted octanol–water partition coefficient (Wildman–Crippen LogP) is 2.85. The lowest BCUT2D eigenvalue weighted by Crippen LogP contribution is -2.67. The highest BCUT2D eigenvalue weighted by Crippen LogP contribution is 2.43. The zero-order valence-corrected chi connectivity index (χ0v) is 15.9. The Bertz CT molecular complexity index is 801. The van der Waals surface area contributed by atoms with Crippen molar-refractivity contribution in [3.63, 3.8) is 0 Å². The number of hydrogen-bond donors (Lipinski definition) is 1. The van der Waals surface area contributed by atoms with Crippen molar-refractivity contribution in [2.24, 2.45) is 5.92 Å². The summed E-state index contributed by atoms with van der Waals surface area (Å²) >= 11 is 2.42. The third-order valence-corrected chi connectivity index (χ3v) is 6.53. The molecule has 0 radical (unpaired) electrons. The van der Waals surface area contributed by atoms with E-state index in [0.29, 0.717) is 5.92 Å². The lowest BCUT2D eigenvalue weighted by Gasteiger charge is -2.55. The zero-order valence-electron chi connectivity index (χ0n) is 13.7. The van der Waals surface area contributed by atoms with Gasteiger partial charge in [0.15, 0.2) is 11.6 Å². The number of piperidine rings is 3. The Labute approximate surface area is 158 Å². The van der Waals surface area contributed by atoms with Gasteiger partial charge in [0.05, 0.1) is 15.8 Å². The number of carbonyl (C=O) groups is 1. The number of halogens is 2. The number of hydrogen-bond acceptors (Lipinski definition) is 5. The van der Waals surface area contributed by atoms with Gasteiger partial charge >= 0.3 is 5.91 Å². The average Bonchev–Trinajstić information content (AvgIpc) is 3.09. The van der Waals surface area contributed by atoms with Gasteiger partial charge in [0, 0.05) is 6.20 Å². The third kappa shape index (κ3) is 2.95. The number of carbonyl (C=O) groups excluding carboxylic acids is 1. The van der Waals surface area contributed by atoms with Crippen molar-refractivity contribution in [1.29, 1.82) is 0 Å². The van der Waals surface area contributed by atoms with Crippen LogP contribution in [0.3, 0.4) is 0 Å². The van der Waals surface area contributed by atoms with E-state index in [1.165, 1.54) is 24.5 Å². The number of fused-ring (bicyclic) bond motifs is 3. The molecule has 2 atom stereocenters. The molecule has 3 aliphatic rings. The highest BCUT2D eigenvalue weighted by Gasteiger charge is 2.49. The average molecular weight is 456 g/mol. The summed E-state index contributed by atoms with van der Waals surface area (Å²) in [6.07, 6.45) is 4.97. The quantitative estimate of drug-likeness (QED) is 0.437. The Morgan fingerprint density at radius 1 is 1.44 bits per heavy atom. The van der Waals surface area contributed by atoms with Crippen LogP contribution < -0.4 is 5.32 Å². The van der Waals surface area contributed by atoms with E-state index in [1.807, 2.05) is 0 Å². The molecule has 0 aromatic carbocycles. The summed E-state index contributed by atoms with van der Waals surface area (Å²) in [5.41, 5.74) is 0.0515. The molecule has 3 fully saturated rings. The van der Waals surface area contributed by atoms with E-state index < -0.39 is 5.82 Å². The summed E-state index contributed by atoms with van der Waals surface area (Å²) in [5, 5.41) is 3.08. The highest BCUT2D eigenvalue weighted by atomic mass is 127. The Morgan fingerprint density at radius 3 is 2.88 bits per heavy atom. The van der Waals surface area contributed by atoms with Crippen LogP contribution in [0.15, 0.2) is 28.9 Å². The number of alkyl halides is 1. The van der Waals surface area contributed by atoms with Crippen molar-refractivity contribution in [2.75, 3.05) is 13.1 Å². The van der Waals surface area contributed by atoms with Crippen molar-refractivity contribution in [2.45, 2.75) is 29.4 Å². The van der Waals surface area contributed by atoms with E-state index in [1.54, 1.807) is 0 Å².